The molecule has 2 aliphatic rings. The van der Waals surface area contributed by atoms with Crippen LogP contribution >= 0.6 is 0 Å². The molecule has 2 fully saturated rings. The van der Waals surface area contributed by atoms with Crippen LogP contribution in [0, 0.1) is 17.1 Å². The lowest BCUT2D eigenvalue weighted by Crippen LogP contribution is -2.44. The van der Waals surface area contributed by atoms with Crippen molar-refractivity contribution in [2.45, 2.75) is 0 Å². The van der Waals surface area contributed by atoms with Crippen molar-refractivity contribution in [1.82, 2.24) is 4.90 Å². The Labute approximate surface area is 207 Å². The molecule has 0 saturated carbocycles. The number of halogens is 1. The molecular formula is C26H26FN5O4. The molecule has 0 aliphatic carbocycles. The third kappa shape index (κ3) is 4.76. The number of hydrogen-bond acceptors (Lipinski definition) is 8. The number of benzene rings is 2. The van der Waals surface area contributed by atoms with E-state index in [1.165, 1.54) is 6.07 Å². The van der Waals surface area contributed by atoms with Gasteiger partial charge in [-0.25, -0.2) is 4.39 Å². The van der Waals surface area contributed by atoms with Gasteiger partial charge in [0, 0.05) is 57.1 Å². The molecule has 36 heavy (non-hydrogen) atoms. The highest BCUT2D eigenvalue weighted by molar-refractivity contribution is 6.03. The first kappa shape index (κ1) is 23.8. The van der Waals surface area contributed by atoms with Crippen molar-refractivity contribution in [2.24, 2.45) is 0 Å². The van der Waals surface area contributed by atoms with Gasteiger partial charge in [-0.15, -0.1) is 0 Å². The highest BCUT2D eigenvalue weighted by Gasteiger charge is 2.22. The van der Waals surface area contributed by atoms with E-state index in [0.29, 0.717) is 56.3 Å². The summed E-state index contributed by atoms with van der Waals surface area (Å²) in [4.78, 5) is 32.1. The minimum Gasteiger partial charge on any atom is -0.448 e. The van der Waals surface area contributed by atoms with Crippen LogP contribution in [0.15, 0.2) is 45.6 Å². The number of ether oxygens (including phenoxy) is 1. The molecule has 3 aromatic rings. The number of likely N-dealkylation sites (N-methyl/N-ethyl adjacent to an activating group) is 1. The highest BCUT2D eigenvalue weighted by atomic mass is 19.1. The predicted molar refractivity (Wildman–Crippen MR) is 134 cm³/mol. The van der Waals surface area contributed by atoms with Crippen molar-refractivity contribution in [3.8, 4) is 6.07 Å². The van der Waals surface area contributed by atoms with Gasteiger partial charge in [0.15, 0.2) is 16.8 Å². The van der Waals surface area contributed by atoms with E-state index in [2.05, 4.69) is 21.2 Å². The number of nitrogens with one attached hydrogen (secondary N) is 1. The van der Waals surface area contributed by atoms with Gasteiger partial charge in [0.2, 0.25) is 0 Å². The topological polar surface area (TPSA) is 102 Å². The maximum absolute atomic E-state index is 14.4. The van der Waals surface area contributed by atoms with E-state index in [1.54, 1.807) is 18.2 Å². The molecule has 9 nitrogen and oxygen atoms in total. The number of nitrogens with zero attached hydrogens (tertiary/aromatic N) is 4. The van der Waals surface area contributed by atoms with Crippen molar-refractivity contribution < 1.29 is 18.3 Å². The van der Waals surface area contributed by atoms with Gasteiger partial charge in [0.25, 0.3) is 5.91 Å². The van der Waals surface area contributed by atoms with Crippen molar-refractivity contribution in [1.29, 1.82) is 5.26 Å². The number of hydrogen-bond donors (Lipinski definition) is 1. The molecule has 0 bridgehead atoms. The largest absolute Gasteiger partial charge is 0.448 e. The summed E-state index contributed by atoms with van der Waals surface area (Å²) in [7, 11) is 2.01. The number of piperazine rings is 1. The van der Waals surface area contributed by atoms with Crippen molar-refractivity contribution >= 4 is 33.9 Å². The molecular weight excluding hydrogens is 465 g/mol. The van der Waals surface area contributed by atoms with Crippen LogP contribution < -0.4 is 20.5 Å². The SMILES string of the molecule is CN1CCN(c2cc(F)cc3c(=O)cc(C(=O)Nc4ccc(N5CCOCC5)c(C#N)c4)oc23)CC1. The average molecular weight is 492 g/mol. The Balaban J connectivity index is 1.45. The fourth-order valence-electron chi connectivity index (χ4n) is 4.58. The second kappa shape index (κ2) is 9.97. The van der Waals surface area contributed by atoms with Gasteiger partial charge < -0.3 is 29.2 Å². The van der Waals surface area contributed by atoms with Crippen molar-refractivity contribution in [3.63, 3.8) is 0 Å². The molecule has 10 heteroatoms. The lowest BCUT2D eigenvalue weighted by Gasteiger charge is -2.34. The second-order valence-corrected chi connectivity index (χ2v) is 8.96. The maximum Gasteiger partial charge on any atom is 0.291 e. The lowest BCUT2D eigenvalue weighted by atomic mass is 10.1. The molecule has 5 rings (SSSR count). The first-order valence-corrected chi connectivity index (χ1v) is 11.8. The van der Waals surface area contributed by atoms with Crippen LogP contribution in [0.2, 0.25) is 0 Å². The quantitative estimate of drug-likeness (QED) is 0.595. The molecule has 0 unspecified atom stereocenters. The number of rotatable bonds is 4. The number of amides is 1. The third-order valence-electron chi connectivity index (χ3n) is 6.57. The Morgan fingerprint density at radius 3 is 2.44 bits per heavy atom. The predicted octanol–water partition coefficient (Wildman–Crippen LogP) is 2.64. The van der Waals surface area contributed by atoms with Crippen LogP contribution in [0.5, 0.6) is 0 Å². The molecule has 1 aromatic heterocycles. The van der Waals surface area contributed by atoms with Crippen LogP contribution in [0.4, 0.5) is 21.5 Å². The monoisotopic (exact) mass is 491 g/mol. The van der Waals surface area contributed by atoms with Crippen LogP contribution in [-0.2, 0) is 4.74 Å². The first-order chi connectivity index (χ1) is 17.4. The smallest absolute Gasteiger partial charge is 0.291 e. The molecule has 3 heterocycles. The van der Waals surface area contributed by atoms with E-state index >= 15 is 0 Å². The van der Waals surface area contributed by atoms with E-state index in [-0.39, 0.29) is 16.7 Å². The molecule has 1 amide bonds. The van der Waals surface area contributed by atoms with Crippen LogP contribution in [0.1, 0.15) is 16.1 Å². The zero-order valence-corrected chi connectivity index (χ0v) is 19.9. The molecule has 2 aromatic carbocycles. The summed E-state index contributed by atoms with van der Waals surface area (Å²) < 4.78 is 25.6. The summed E-state index contributed by atoms with van der Waals surface area (Å²) >= 11 is 0. The van der Waals surface area contributed by atoms with E-state index in [1.807, 2.05) is 11.9 Å². The molecule has 1 N–H and O–H groups in total. The zero-order valence-electron chi connectivity index (χ0n) is 19.9. The van der Waals surface area contributed by atoms with Gasteiger partial charge in [-0.05, 0) is 31.3 Å². The molecule has 2 saturated heterocycles. The van der Waals surface area contributed by atoms with Gasteiger partial charge in [-0.3, -0.25) is 9.59 Å². The normalized spacial score (nSPS) is 16.7. The van der Waals surface area contributed by atoms with Gasteiger partial charge in [0.1, 0.15) is 11.9 Å². The summed E-state index contributed by atoms with van der Waals surface area (Å²) in [5, 5.41) is 12.5. The van der Waals surface area contributed by atoms with E-state index in [0.717, 1.165) is 30.9 Å². The fourth-order valence-corrected chi connectivity index (χ4v) is 4.58. The van der Waals surface area contributed by atoms with Crippen LogP contribution in [-0.4, -0.2) is 70.3 Å². The summed E-state index contributed by atoms with van der Waals surface area (Å²) in [6, 6.07) is 10.8. The minimum atomic E-state index is -0.634. The molecule has 186 valence electrons. The number of morpholine rings is 1. The minimum absolute atomic E-state index is 0.0853. The lowest BCUT2D eigenvalue weighted by molar-refractivity contribution is 0.0997. The maximum atomic E-state index is 14.4. The molecule has 0 radical (unpaired) electrons. The Kier molecular flexibility index (Phi) is 6.59. The Hall–Kier alpha value is -3.94. The second-order valence-electron chi connectivity index (χ2n) is 8.96. The Morgan fingerprint density at radius 2 is 1.72 bits per heavy atom. The molecule has 2 aliphatic heterocycles. The number of nitriles is 1. The number of anilines is 3. The average Bonchev–Trinajstić information content (AvgIpc) is 2.89. The first-order valence-electron chi connectivity index (χ1n) is 11.8. The molecule has 0 atom stereocenters. The van der Waals surface area contributed by atoms with Crippen LogP contribution in [0.25, 0.3) is 11.0 Å². The number of carbonyl (C=O) groups excluding carboxylic acids is 1. The fraction of sp³-hybridized carbons (Fsp3) is 0.346. The van der Waals surface area contributed by atoms with Gasteiger partial charge in [-0.2, -0.15) is 5.26 Å². The standard InChI is InChI=1S/C26H26FN5O4/c1-30-4-6-31(7-5-30)22-14-18(27)13-20-23(33)15-24(36-25(20)22)26(34)29-19-2-3-21(17(12-19)16-28)32-8-10-35-11-9-32/h2-3,12-15H,4-11H2,1H3,(H,29,34). The Morgan fingerprint density at radius 1 is 1.00 bits per heavy atom. The summed E-state index contributed by atoms with van der Waals surface area (Å²) in [5.74, 6) is -1.36. The van der Waals surface area contributed by atoms with Crippen molar-refractivity contribution in [3.05, 3.63) is 63.8 Å². The summed E-state index contributed by atoms with van der Waals surface area (Å²) in [5.41, 5.74) is 1.72. The number of carbonyl (C=O) groups is 1. The van der Waals surface area contributed by atoms with E-state index in [4.69, 9.17) is 9.15 Å². The summed E-state index contributed by atoms with van der Waals surface area (Å²) in [6.07, 6.45) is 0. The van der Waals surface area contributed by atoms with Gasteiger partial charge in [0.05, 0.1) is 35.5 Å². The summed E-state index contributed by atoms with van der Waals surface area (Å²) in [6.45, 7) is 5.38. The van der Waals surface area contributed by atoms with Crippen LogP contribution in [0.3, 0.4) is 0 Å². The van der Waals surface area contributed by atoms with E-state index in [9.17, 15) is 19.2 Å². The number of fused-ring (bicyclic) bond motifs is 1. The van der Waals surface area contributed by atoms with E-state index < -0.39 is 17.2 Å². The zero-order chi connectivity index (χ0) is 25.2. The Bertz CT molecular complexity index is 1400. The highest BCUT2D eigenvalue weighted by Crippen LogP contribution is 2.29. The van der Waals surface area contributed by atoms with Gasteiger partial charge >= 0.3 is 0 Å². The molecule has 0 spiro atoms. The van der Waals surface area contributed by atoms with Gasteiger partial charge in [-0.1, -0.05) is 0 Å². The third-order valence-corrected chi connectivity index (χ3v) is 6.57. The van der Waals surface area contributed by atoms with Crippen molar-refractivity contribution in [2.75, 3.05) is 74.6 Å².